The van der Waals surface area contributed by atoms with Crippen LogP contribution in [0.4, 0.5) is 13.2 Å². The van der Waals surface area contributed by atoms with E-state index in [1.807, 2.05) is 24.3 Å². The van der Waals surface area contributed by atoms with Gasteiger partial charge in [0.05, 0.1) is 0 Å². The van der Waals surface area contributed by atoms with Gasteiger partial charge in [0, 0.05) is 6.54 Å². The molecular weight excluding hydrogens is 359 g/mol. The number of carbonyl (C=O) groups excluding carboxylic acids is 1. The second kappa shape index (κ2) is 9.30. The zero-order chi connectivity index (χ0) is 19.9. The number of hydrogen-bond donors (Lipinski definition) is 1. The molecule has 0 aliphatic carbocycles. The van der Waals surface area contributed by atoms with Gasteiger partial charge < -0.3 is 14.8 Å². The van der Waals surface area contributed by atoms with E-state index in [1.54, 1.807) is 12.1 Å². The number of alkyl halides is 3. The van der Waals surface area contributed by atoms with E-state index >= 15 is 0 Å². The molecule has 0 heterocycles. The Labute approximate surface area is 156 Å². The van der Waals surface area contributed by atoms with Crippen molar-refractivity contribution in [1.29, 1.82) is 0 Å². The minimum atomic E-state index is -4.37. The fourth-order valence-electron chi connectivity index (χ4n) is 2.22. The van der Waals surface area contributed by atoms with E-state index in [0.29, 0.717) is 11.7 Å². The van der Waals surface area contributed by atoms with Crippen LogP contribution in [0.2, 0.25) is 0 Å². The molecule has 1 N–H and O–H groups in total. The van der Waals surface area contributed by atoms with Crippen molar-refractivity contribution in [3.63, 3.8) is 0 Å². The highest BCUT2D eigenvalue weighted by molar-refractivity contribution is 5.77. The summed E-state index contributed by atoms with van der Waals surface area (Å²) in [6.07, 6.45) is -4.37. The van der Waals surface area contributed by atoms with Crippen LogP contribution in [0.15, 0.2) is 48.5 Å². The van der Waals surface area contributed by atoms with Crippen LogP contribution in [0.5, 0.6) is 11.5 Å². The fourth-order valence-corrected chi connectivity index (χ4v) is 2.22. The second-order valence-electron chi connectivity index (χ2n) is 6.34. The number of halogens is 3. The van der Waals surface area contributed by atoms with Gasteiger partial charge in [-0.2, -0.15) is 13.2 Å². The molecule has 4 nitrogen and oxygen atoms in total. The van der Waals surface area contributed by atoms with Gasteiger partial charge in [-0.05, 0) is 41.3 Å². The molecule has 2 aromatic carbocycles. The highest BCUT2D eigenvalue weighted by atomic mass is 19.4. The van der Waals surface area contributed by atoms with Gasteiger partial charge >= 0.3 is 6.18 Å². The predicted octanol–water partition coefficient (Wildman–Crippen LogP) is 4.45. The summed E-state index contributed by atoms with van der Waals surface area (Å²) in [5.41, 5.74) is 1.93. The number of nitrogens with one attached hydrogen (secondary N) is 1. The Hall–Kier alpha value is -2.70. The lowest BCUT2D eigenvalue weighted by atomic mass is 10.0. The number of rotatable bonds is 8. The molecule has 0 radical (unpaired) electrons. The number of hydrogen-bond acceptors (Lipinski definition) is 3. The average Bonchev–Trinajstić information content (AvgIpc) is 2.63. The van der Waals surface area contributed by atoms with E-state index in [4.69, 9.17) is 4.74 Å². The van der Waals surface area contributed by atoms with E-state index in [9.17, 15) is 18.0 Å². The molecule has 1 amide bonds. The van der Waals surface area contributed by atoms with Crippen LogP contribution >= 0.6 is 0 Å². The Bertz CT molecular complexity index is 726. The van der Waals surface area contributed by atoms with Crippen LogP contribution in [0.3, 0.4) is 0 Å². The maximum atomic E-state index is 12.1. The quantitative estimate of drug-likeness (QED) is 0.735. The Morgan fingerprint density at radius 3 is 2.07 bits per heavy atom. The number of amides is 1. The molecule has 27 heavy (non-hydrogen) atoms. The summed E-state index contributed by atoms with van der Waals surface area (Å²) >= 11 is 0. The van der Waals surface area contributed by atoms with Crippen LogP contribution in [-0.2, 0) is 11.3 Å². The average molecular weight is 381 g/mol. The molecule has 2 aromatic rings. The summed E-state index contributed by atoms with van der Waals surface area (Å²) in [4.78, 5) is 11.9. The van der Waals surface area contributed by atoms with E-state index in [2.05, 4.69) is 23.9 Å². The first-order valence-corrected chi connectivity index (χ1v) is 8.51. The lowest BCUT2D eigenvalue weighted by Gasteiger charge is -2.11. The molecule has 7 heteroatoms. The third-order valence-electron chi connectivity index (χ3n) is 3.73. The fraction of sp³-hybridized carbons (Fsp3) is 0.350. The smallest absolute Gasteiger partial charge is 0.422 e. The summed E-state index contributed by atoms with van der Waals surface area (Å²) < 4.78 is 46.4. The molecule has 0 bridgehead atoms. The molecule has 0 unspecified atom stereocenters. The van der Waals surface area contributed by atoms with Gasteiger partial charge in [0.25, 0.3) is 5.91 Å². The van der Waals surface area contributed by atoms with Gasteiger partial charge in [-0.15, -0.1) is 0 Å². The van der Waals surface area contributed by atoms with Gasteiger partial charge in [0.1, 0.15) is 11.5 Å². The highest BCUT2D eigenvalue weighted by Crippen LogP contribution is 2.19. The van der Waals surface area contributed by atoms with E-state index in [1.165, 1.54) is 17.7 Å². The zero-order valence-corrected chi connectivity index (χ0v) is 15.2. The zero-order valence-electron chi connectivity index (χ0n) is 15.2. The minimum absolute atomic E-state index is 0.117. The Balaban J connectivity index is 1.73. The van der Waals surface area contributed by atoms with Crippen molar-refractivity contribution in [2.45, 2.75) is 32.5 Å². The summed E-state index contributed by atoms with van der Waals surface area (Å²) in [7, 11) is 0. The van der Waals surface area contributed by atoms with Gasteiger partial charge in [-0.1, -0.05) is 38.1 Å². The molecule has 0 aliphatic rings. The summed E-state index contributed by atoms with van der Waals surface area (Å²) in [5, 5.41) is 2.69. The molecule has 0 saturated heterocycles. The van der Waals surface area contributed by atoms with Crippen molar-refractivity contribution in [3.05, 3.63) is 59.7 Å². The van der Waals surface area contributed by atoms with Crippen molar-refractivity contribution in [2.75, 3.05) is 13.2 Å². The van der Waals surface area contributed by atoms with E-state index < -0.39 is 12.8 Å². The predicted molar refractivity (Wildman–Crippen MR) is 95.9 cm³/mol. The second-order valence-corrected chi connectivity index (χ2v) is 6.34. The number of ether oxygens (including phenoxy) is 2. The van der Waals surface area contributed by atoms with Crippen LogP contribution in [0.25, 0.3) is 0 Å². The SMILES string of the molecule is CC(C)c1ccc(OCC(=O)NCc2ccc(OCC(F)(F)F)cc2)cc1. The first kappa shape index (κ1) is 20.6. The summed E-state index contributed by atoms with van der Waals surface area (Å²) in [6, 6.07) is 13.6. The minimum Gasteiger partial charge on any atom is -0.484 e. The van der Waals surface area contributed by atoms with Crippen molar-refractivity contribution in [2.24, 2.45) is 0 Å². The number of carbonyl (C=O) groups is 1. The summed E-state index contributed by atoms with van der Waals surface area (Å²) in [6.45, 7) is 2.98. The standard InChI is InChI=1S/C20H22F3NO3/c1-14(2)16-5-9-17(10-6-16)26-12-19(25)24-11-15-3-7-18(8-4-15)27-13-20(21,22)23/h3-10,14H,11-13H2,1-2H3,(H,24,25). The monoisotopic (exact) mass is 381 g/mol. The molecule has 0 aliphatic heterocycles. The first-order chi connectivity index (χ1) is 12.7. The molecule has 146 valence electrons. The van der Waals surface area contributed by atoms with E-state index in [0.717, 1.165) is 5.56 Å². The van der Waals surface area contributed by atoms with Gasteiger partial charge in [-0.25, -0.2) is 0 Å². The molecule has 0 saturated carbocycles. The third-order valence-corrected chi connectivity index (χ3v) is 3.73. The van der Waals surface area contributed by atoms with Gasteiger partial charge in [0.15, 0.2) is 13.2 Å². The maximum Gasteiger partial charge on any atom is 0.422 e. The molecule has 2 rings (SSSR count). The topological polar surface area (TPSA) is 47.6 Å². The molecule has 0 spiro atoms. The largest absolute Gasteiger partial charge is 0.484 e. The molecule has 0 fully saturated rings. The van der Waals surface area contributed by atoms with Gasteiger partial charge in [-0.3, -0.25) is 4.79 Å². The van der Waals surface area contributed by atoms with Crippen LogP contribution in [0.1, 0.15) is 30.9 Å². The van der Waals surface area contributed by atoms with Crippen molar-refractivity contribution < 1.29 is 27.4 Å². The first-order valence-electron chi connectivity index (χ1n) is 8.51. The van der Waals surface area contributed by atoms with Crippen molar-refractivity contribution >= 4 is 5.91 Å². The normalized spacial score (nSPS) is 11.3. The van der Waals surface area contributed by atoms with Gasteiger partial charge in [0.2, 0.25) is 0 Å². The molecule has 0 aromatic heterocycles. The highest BCUT2D eigenvalue weighted by Gasteiger charge is 2.28. The Morgan fingerprint density at radius 1 is 0.963 bits per heavy atom. The third kappa shape index (κ3) is 7.60. The summed E-state index contributed by atoms with van der Waals surface area (Å²) in [5.74, 6) is 0.865. The van der Waals surface area contributed by atoms with Crippen LogP contribution < -0.4 is 14.8 Å². The molecular formula is C20H22F3NO3. The Kier molecular flexibility index (Phi) is 7.10. The van der Waals surface area contributed by atoms with Crippen LogP contribution in [0, 0.1) is 0 Å². The van der Waals surface area contributed by atoms with E-state index in [-0.39, 0.29) is 24.8 Å². The molecule has 0 atom stereocenters. The lowest BCUT2D eigenvalue weighted by molar-refractivity contribution is -0.153. The Morgan fingerprint density at radius 2 is 1.52 bits per heavy atom. The van der Waals surface area contributed by atoms with Crippen molar-refractivity contribution in [1.82, 2.24) is 5.32 Å². The number of benzene rings is 2. The van der Waals surface area contributed by atoms with Crippen LogP contribution in [-0.4, -0.2) is 25.3 Å². The maximum absolute atomic E-state index is 12.1. The lowest BCUT2D eigenvalue weighted by Crippen LogP contribution is -2.28. The van der Waals surface area contributed by atoms with Crippen molar-refractivity contribution in [3.8, 4) is 11.5 Å².